The largest absolute Gasteiger partial charge is 0.478 e. The molecule has 2 saturated heterocycles. The number of hydrogen-bond acceptors (Lipinski definition) is 3. The third-order valence-electron chi connectivity index (χ3n) is 8.07. The maximum Gasteiger partial charge on any atom is 0.337 e. The van der Waals surface area contributed by atoms with Gasteiger partial charge in [0.25, 0.3) is 0 Å². The Labute approximate surface area is 168 Å². The molecule has 5 rings (SSSR count). The predicted molar refractivity (Wildman–Crippen MR) is 112 cm³/mol. The number of benzene rings is 1. The van der Waals surface area contributed by atoms with Crippen molar-refractivity contribution in [1.29, 1.82) is 0 Å². The number of piperidine rings is 2. The molecule has 0 radical (unpaired) electrons. The van der Waals surface area contributed by atoms with E-state index in [1.807, 2.05) is 18.2 Å². The molecule has 152 valence electrons. The molecule has 2 aliphatic heterocycles. The van der Waals surface area contributed by atoms with Crippen LogP contribution in [0.1, 0.15) is 81.0 Å². The van der Waals surface area contributed by atoms with Crippen LogP contribution in [-0.2, 0) is 0 Å². The SMILES string of the molecule is O=C(O)c1ccccc1NC1C[C@H]2CCC[C@@H](C1)N2C1CC2CCCC(C2)C1. The zero-order valence-corrected chi connectivity index (χ0v) is 16.9. The van der Waals surface area contributed by atoms with E-state index in [0.717, 1.165) is 36.4 Å². The van der Waals surface area contributed by atoms with Crippen LogP contribution in [0.15, 0.2) is 24.3 Å². The van der Waals surface area contributed by atoms with E-state index in [2.05, 4.69) is 10.2 Å². The molecule has 2 heterocycles. The van der Waals surface area contributed by atoms with Gasteiger partial charge in [0.05, 0.1) is 5.56 Å². The number of nitrogens with one attached hydrogen (secondary N) is 1. The molecule has 1 aromatic carbocycles. The van der Waals surface area contributed by atoms with Gasteiger partial charge in [0.1, 0.15) is 0 Å². The number of carboxylic acid groups (broad SMARTS) is 1. The maximum atomic E-state index is 11.6. The fourth-order valence-corrected chi connectivity index (χ4v) is 7.09. The molecule has 4 bridgehead atoms. The summed E-state index contributed by atoms with van der Waals surface area (Å²) in [5, 5.41) is 13.1. The molecule has 2 aliphatic carbocycles. The molecule has 0 amide bonds. The standard InChI is InChI=1S/C24H34N2O2/c27-24(28)22-9-1-2-10-23(22)25-18-14-19-7-4-8-20(15-18)26(19)21-12-16-5-3-6-17(11-16)13-21/h1-2,9-10,16-21,25H,3-8,11-15H2,(H,27,28)/t16?,17?,18?,19-,20+,21?. The first-order valence-electron chi connectivity index (χ1n) is 11.5. The molecule has 1 aromatic rings. The Morgan fingerprint density at radius 1 is 0.857 bits per heavy atom. The van der Waals surface area contributed by atoms with Crippen LogP contribution < -0.4 is 5.32 Å². The number of hydrogen-bond donors (Lipinski definition) is 2. The lowest BCUT2D eigenvalue weighted by Crippen LogP contribution is -2.60. The molecule has 0 aromatic heterocycles. The highest BCUT2D eigenvalue weighted by Crippen LogP contribution is 2.46. The highest BCUT2D eigenvalue weighted by molar-refractivity contribution is 5.94. The van der Waals surface area contributed by atoms with Crippen LogP contribution in [0.25, 0.3) is 0 Å². The number of anilines is 1. The molecular formula is C24H34N2O2. The van der Waals surface area contributed by atoms with Crippen molar-refractivity contribution in [3.05, 3.63) is 29.8 Å². The average molecular weight is 383 g/mol. The molecule has 4 nitrogen and oxygen atoms in total. The molecular weight excluding hydrogens is 348 g/mol. The average Bonchev–Trinajstić information content (AvgIpc) is 2.67. The van der Waals surface area contributed by atoms with Crippen molar-refractivity contribution in [2.45, 2.75) is 94.8 Å². The van der Waals surface area contributed by atoms with Gasteiger partial charge in [-0.2, -0.15) is 0 Å². The van der Waals surface area contributed by atoms with Crippen LogP contribution in [0.3, 0.4) is 0 Å². The number of fused-ring (bicyclic) bond motifs is 4. The van der Waals surface area contributed by atoms with E-state index in [4.69, 9.17) is 0 Å². The normalized spacial score (nSPS) is 38.0. The zero-order chi connectivity index (χ0) is 19.1. The van der Waals surface area contributed by atoms with E-state index >= 15 is 0 Å². The minimum atomic E-state index is -0.838. The summed E-state index contributed by atoms with van der Waals surface area (Å²) in [6.45, 7) is 0. The molecule has 2 saturated carbocycles. The first-order valence-corrected chi connectivity index (χ1v) is 11.5. The monoisotopic (exact) mass is 382 g/mol. The summed E-state index contributed by atoms with van der Waals surface area (Å²) in [5.41, 5.74) is 1.19. The first kappa shape index (κ1) is 18.5. The van der Waals surface area contributed by atoms with E-state index in [1.54, 1.807) is 6.07 Å². The van der Waals surface area contributed by atoms with Crippen molar-refractivity contribution < 1.29 is 9.90 Å². The van der Waals surface area contributed by atoms with Gasteiger partial charge in [0.2, 0.25) is 0 Å². The summed E-state index contributed by atoms with van der Waals surface area (Å²) in [6.07, 6.45) is 15.1. The fraction of sp³-hybridized carbons (Fsp3) is 0.708. The van der Waals surface area contributed by atoms with Gasteiger partial charge < -0.3 is 10.4 Å². The van der Waals surface area contributed by atoms with Crippen LogP contribution in [0.4, 0.5) is 5.69 Å². The zero-order valence-electron chi connectivity index (χ0n) is 16.9. The number of para-hydroxylation sites is 1. The second-order valence-corrected chi connectivity index (χ2v) is 9.87. The van der Waals surface area contributed by atoms with Gasteiger partial charge in [0, 0.05) is 29.9 Å². The predicted octanol–water partition coefficient (Wildman–Crippen LogP) is 5.15. The number of aromatic carboxylic acids is 1. The molecule has 3 unspecified atom stereocenters. The number of carbonyl (C=O) groups is 1. The van der Waals surface area contributed by atoms with E-state index in [9.17, 15) is 9.90 Å². The Bertz CT molecular complexity index is 694. The lowest BCUT2D eigenvalue weighted by atomic mass is 9.68. The summed E-state index contributed by atoms with van der Waals surface area (Å²) in [5.74, 6) is 1.13. The molecule has 5 atom stereocenters. The molecule has 0 spiro atoms. The Balaban J connectivity index is 1.30. The van der Waals surface area contributed by atoms with Gasteiger partial charge in [-0.25, -0.2) is 4.79 Å². The lowest BCUT2D eigenvalue weighted by molar-refractivity contribution is -0.0382. The van der Waals surface area contributed by atoms with Crippen molar-refractivity contribution >= 4 is 11.7 Å². The highest BCUT2D eigenvalue weighted by Gasteiger charge is 2.44. The van der Waals surface area contributed by atoms with Crippen LogP contribution in [-0.4, -0.2) is 40.1 Å². The Morgan fingerprint density at radius 2 is 1.50 bits per heavy atom. The van der Waals surface area contributed by atoms with E-state index in [-0.39, 0.29) is 0 Å². The van der Waals surface area contributed by atoms with Crippen molar-refractivity contribution in [2.24, 2.45) is 11.8 Å². The summed E-state index contributed by atoms with van der Waals surface area (Å²) in [4.78, 5) is 14.5. The second-order valence-electron chi connectivity index (χ2n) is 9.87. The summed E-state index contributed by atoms with van der Waals surface area (Å²) in [7, 11) is 0. The smallest absolute Gasteiger partial charge is 0.337 e. The van der Waals surface area contributed by atoms with E-state index in [0.29, 0.717) is 23.7 Å². The van der Waals surface area contributed by atoms with Gasteiger partial charge in [-0.15, -0.1) is 0 Å². The Hall–Kier alpha value is -1.55. The quantitative estimate of drug-likeness (QED) is 0.756. The topological polar surface area (TPSA) is 52.6 Å². The maximum absolute atomic E-state index is 11.6. The van der Waals surface area contributed by atoms with Crippen LogP contribution >= 0.6 is 0 Å². The van der Waals surface area contributed by atoms with Crippen LogP contribution in [0, 0.1) is 11.8 Å². The lowest BCUT2D eigenvalue weighted by Gasteiger charge is -2.55. The molecule has 4 fully saturated rings. The number of carboxylic acids is 1. The van der Waals surface area contributed by atoms with Crippen molar-refractivity contribution in [3.63, 3.8) is 0 Å². The molecule has 28 heavy (non-hydrogen) atoms. The van der Waals surface area contributed by atoms with Crippen LogP contribution in [0.5, 0.6) is 0 Å². The Morgan fingerprint density at radius 3 is 2.18 bits per heavy atom. The van der Waals surface area contributed by atoms with Gasteiger partial charge in [-0.3, -0.25) is 4.90 Å². The highest BCUT2D eigenvalue weighted by atomic mass is 16.4. The number of nitrogens with zero attached hydrogens (tertiary/aromatic N) is 1. The van der Waals surface area contributed by atoms with Gasteiger partial charge in [-0.05, 0) is 68.9 Å². The third kappa shape index (κ3) is 3.56. The summed E-state index contributed by atoms with van der Waals surface area (Å²) < 4.78 is 0. The first-order chi connectivity index (χ1) is 13.7. The fourth-order valence-electron chi connectivity index (χ4n) is 7.09. The summed E-state index contributed by atoms with van der Waals surface area (Å²) in [6, 6.07) is 9.96. The minimum absolute atomic E-state index is 0.398. The van der Waals surface area contributed by atoms with Crippen molar-refractivity contribution in [2.75, 3.05) is 5.32 Å². The number of rotatable bonds is 4. The second kappa shape index (κ2) is 7.70. The minimum Gasteiger partial charge on any atom is -0.478 e. The molecule has 4 heteroatoms. The van der Waals surface area contributed by atoms with E-state index < -0.39 is 5.97 Å². The van der Waals surface area contributed by atoms with Gasteiger partial charge in [-0.1, -0.05) is 37.8 Å². The Kier molecular flexibility index (Phi) is 5.08. The summed E-state index contributed by atoms with van der Waals surface area (Å²) >= 11 is 0. The van der Waals surface area contributed by atoms with Crippen molar-refractivity contribution in [1.82, 2.24) is 4.90 Å². The van der Waals surface area contributed by atoms with E-state index in [1.165, 1.54) is 57.8 Å². The van der Waals surface area contributed by atoms with Gasteiger partial charge >= 0.3 is 5.97 Å². The van der Waals surface area contributed by atoms with Crippen molar-refractivity contribution in [3.8, 4) is 0 Å². The van der Waals surface area contributed by atoms with Crippen LogP contribution in [0.2, 0.25) is 0 Å². The third-order valence-corrected chi connectivity index (χ3v) is 8.07. The molecule has 2 N–H and O–H groups in total. The van der Waals surface area contributed by atoms with Gasteiger partial charge in [0.15, 0.2) is 0 Å². The molecule has 4 aliphatic rings.